The van der Waals surface area contributed by atoms with Gasteiger partial charge in [-0.1, -0.05) is 6.07 Å². The molecule has 6 nitrogen and oxygen atoms in total. The molecule has 142 valence electrons. The maximum atomic E-state index is 10.5. The Bertz CT molecular complexity index is 682. The molecule has 0 saturated carbocycles. The van der Waals surface area contributed by atoms with Crippen molar-refractivity contribution in [2.45, 2.75) is 26.0 Å². The van der Waals surface area contributed by atoms with Gasteiger partial charge in [0.2, 0.25) is 0 Å². The van der Waals surface area contributed by atoms with Crippen LogP contribution in [0.1, 0.15) is 36.4 Å². The van der Waals surface area contributed by atoms with Gasteiger partial charge >= 0.3 is 0 Å². The Morgan fingerprint density at radius 1 is 1.23 bits per heavy atom. The number of aliphatic hydroxyl groups excluding tert-OH is 1. The number of hydrogen-bond donors (Lipinski definition) is 3. The summed E-state index contributed by atoms with van der Waals surface area (Å²) in [5, 5.41) is 19.1. The Labute approximate surface area is 158 Å². The smallest absolute Gasteiger partial charge is 0.191 e. The zero-order valence-electron chi connectivity index (χ0n) is 15.7. The topological polar surface area (TPSA) is 75.1 Å². The van der Waals surface area contributed by atoms with E-state index in [-0.39, 0.29) is 12.6 Å². The number of thiophene rings is 1. The normalized spacial score (nSPS) is 13.8. The average Bonchev–Trinajstić information content (AvgIpc) is 3.20. The zero-order chi connectivity index (χ0) is 18.9. The lowest BCUT2D eigenvalue weighted by Crippen LogP contribution is -2.38. The number of methoxy groups -OCH3 is 2. The number of nitrogens with one attached hydrogen (secondary N) is 2. The SMILES string of the molecule is CCNC(=NCC(O)c1cc(OC)cc(OC)c1)NC(C)c1cccs1. The molecule has 0 spiro atoms. The van der Waals surface area contributed by atoms with E-state index >= 15 is 0 Å². The number of rotatable bonds is 8. The van der Waals surface area contributed by atoms with E-state index in [1.165, 1.54) is 4.88 Å². The lowest BCUT2D eigenvalue weighted by atomic mass is 10.1. The molecule has 7 heteroatoms. The number of guanidine groups is 1. The molecule has 0 fully saturated rings. The lowest BCUT2D eigenvalue weighted by Gasteiger charge is -2.18. The van der Waals surface area contributed by atoms with Crippen LogP contribution in [0.2, 0.25) is 0 Å². The molecule has 0 bridgehead atoms. The maximum absolute atomic E-state index is 10.5. The first-order valence-electron chi connectivity index (χ1n) is 8.56. The summed E-state index contributed by atoms with van der Waals surface area (Å²) in [7, 11) is 3.17. The molecule has 3 N–H and O–H groups in total. The fourth-order valence-electron chi connectivity index (χ4n) is 2.44. The average molecular weight is 378 g/mol. The third-order valence-corrected chi connectivity index (χ3v) is 4.90. The molecule has 1 aromatic carbocycles. The Balaban J connectivity index is 2.08. The predicted molar refractivity (Wildman–Crippen MR) is 106 cm³/mol. The molecule has 2 rings (SSSR count). The molecule has 0 radical (unpaired) electrons. The second-order valence-electron chi connectivity index (χ2n) is 5.76. The molecule has 0 amide bonds. The van der Waals surface area contributed by atoms with E-state index in [0.717, 1.165) is 6.54 Å². The second kappa shape index (κ2) is 10.0. The van der Waals surface area contributed by atoms with Crippen molar-refractivity contribution in [2.24, 2.45) is 4.99 Å². The van der Waals surface area contributed by atoms with E-state index < -0.39 is 6.10 Å². The molecule has 2 unspecified atom stereocenters. The minimum atomic E-state index is -0.758. The third kappa shape index (κ3) is 5.64. The van der Waals surface area contributed by atoms with Crippen LogP contribution in [0, 0.1) is 0 Å². The monoisotopic (exact) mass is 377 g/mol. The molecule has 0 aliphatic rings. The number of aliphatic imine (C=N–C) groups is 1. The highest BCUT2D eigenvalue weighted by Crippen LogP contribution is 2.26. The van der Waals surface area contributed by atoms with Crippen LogP contribution >= 0.6 is 11.3 Å². The molecule has 1 aromatic heterocycles. The van der Waals surface area contributed by atoms with Crippen molar-refractivity contribution >= 4 is 17.3 Å². The van der Waals surface area contributed by atoms with Crippen LogP contribution in [-0.4, -0.2) is 38.4 Å². The number of aliphatic hydroxyl groups is 1. The van der Waals surface area contributed by atoms with Crippen molar-refractivity contribution < 1.29 is 14.6 Å². The Hall–Kier alpha value is -2.25. The minimum absolute atomic E-state index is 0.141. The van der Waals surface area contributed by atoms with Gasteiger partial charge in [0.25, 0.3) is 0 Å². The number of hydrogen-bond acceptors (Lipinski definition) is 5. The van der Waals surface area contributed by atoms with E-state index in [1.54, 1.807) is 43.8 Å². The Morgan fingerprint density at radius 2 is 1.92 bits per heavy atom. The van der Waals surface area contributed by atoms with E-state index in [9.17, 15) is 5.11 Å². The van der Waals surface area contributed by atoms with Crippen molar-refractivity contribution in [3.05, 3.63) is 46.2 Å². The minimum Gasteiger partial charge on any atom is -0.497 e. The summed E-state index contributed by atoms with van der Waals surface area (Å²) in [5.41, 5.74) is 0.701. The van der Waals surface area contributed by atoms with Crippen LogP contribution in [0.15, 0.2) is 40.7 Å². The largest absolute Gasteiger partial charge is 0.497 e. The second-order valence-corrected chi connectivity index (χ2v) is 6.74. The van der Waals surface area contributed by atoms with Crippen molar-refractivity contribution in [3.8, 4) is 11.5 Å². The van der Waals surface area contributed by atoms with Crippen molar-refractivity contribution in [2.75, 3.05) is 27.3 Å². The van der Waals surface area contributed by atoms with Gasteiger partial charge in [0.15, 0.2) is 5.96 Å². The third-order valence-electron chi connectivity index (χ3n) is 3.85. The number of nitrogens with zero attached hydrogens (tertiary/aromatic N) is 1. The molecule has 1 heterocycles. The fraction of sp³-hybridized carbons (Fsp3) is 0.421. The molecule has 26 heavy (non-hydrogen) atoms. The summed E-state index contributed by atoms with van der Waals surface area (Å²) in [5.74, 6) is 1.94. The van der Waals surface area contributed by atoms with Gasteiger partial charge in [-0.2, -0.15) is 0 Å². The Kier molecular flexibility index (Phi) is 7.74. The van der Waals surface area contributed by atoms with E-state index in [4.69, 9.17) is 9.47 Å². The molecule has 2 aromatic rings. The van der Waals surface area contributed by atoms with Gasteiger partial charge in [0.05, 0.1) is 32.9 Å². The first-order valence-corrected chi connectivity index (χ1v) is 9.44. The van der Waals surface area contributed by atoms with E-state index in [0.29, 0.717) is 23.0 Å². The molecule has 0 saturated heterocycles. The molecule has 2 atom stereocenters. The first kappa shape index (κ1) is 20.1. The Morgan fingerprint density at radius 3 is 2.46 bits per heavy atom. The molecule has 0 aliphatic heterocycles. The van der Waals surface area contributed by atoms with Gasteiger partial charge in [-0.25, -0.2) is 0 Å². The fourth-order valence-corrected chi connectivity index (χ4v) is 3.17. The van der Waals surface area contributed by atoms with E-state index in [1.807, 2.05) is 13.0 Å². The highest BCUT2D eigenvalue weighted by atomic mass is 32.1. The standard InChI is InChI=1S/C19H27N3O3S/c1-5-20-19(22-13(2)18-7-6-8-26-18)21-12-17(23)14-9-15(24-3)11-16(10-14)25-4/h6-11,13,17,23H,5,12H2,1-4H3,(H2,20,21,22). The maximum Gasteiger partial charge on any atom is 0.191 e. The van der Waals surface area contributed by atoms with Crippen molar-refractivity contribution in [3.63, 3.8) is 0 Å². The zero-order valence-corrected chi connectivity index (χ0v) is 16.5. The summed E-state index contributed by atoms with van der Waals surface area (Å²) in [6.45, 7) is 5.06. The first-order chi connectivity index (χ1) is 12.6. The van der Waals surface area contributed by atoms with Gasteiger partial charge in [-0.15, -0.1) is 11.3 Å². The van der Waals surface area contributed by atoms with Gasteiger partial charge < -0.3 is 25.2 Å². The van der Waals surface area contributed by atoms with Crippen LogP contribution in [0.25, 0.3) is 0 Å². The van der Waals surface area contributed by atoms with Crippen LogP contribution in [0.4, 0.5) is 0 Å². The van der Waals surface area contributed by atoms with Gasteiger partial charge in [-0.05, 0) is 43.0 Å². The van der Waals surface area contributed by atoms with E-state index in [2.05, 4.69) is 34.0 Å². The molecular formula is C19H27N3O3S. The highest BCUT2D eigenvalue weighted by molar-refractivity contribution is 7.10. The van der Waals surface area contributed by atoms with Crippen LogP contribution < -0.4 is 20.1 Å². The molecular weight excluding hydrogens is 350 g/mol. The summed E-state index contributed by atoms with van der Waals surface area (Å²) in [6, 6.07) is 9.61. The number of benzene rings is 1. The summed E-state index contributed by atoms with van der Waals surface area (Å²) < 4.78 is 10.5. The van der Waals surface area contributed by atoms with Crippen LogP contribution in [0.3, 0.4) is 0 Å². The van der Waals surface area contributed by atoms with Crippen molar-refractivity contribution in [1.29, 1.82) is 0 Å². The predicted octanol–water partition coefficient (Wildman–Crippen LogP) is 3.12. The van der Waals surface area contributed by atoms with Crippen LogP contribution in [-0.2, 0) is 0 Å². The van der Waals surface area contributed by atoms with Gasteiger partial charge in [0.1, 0.15) is 11.5 Å². The van der Waals surface area contributed by atoms with Crippen molar-refractivity contribution in [1.82, 2.24) is 10.6 Å². The highest BCUT2D eigenvalue weighted by Gasteiger charge is 2.13. The molecule has 0 aliphatic carbocycles. The lowest BCUT2D eigenvalue weighted by molar-refractivity contribution is 0.186. The summed E-state index contributed by atoms with van der Waals surface area (Å²) in [4.78, 5) is 5.75. The van der Waals surface area contributed by atoms with Crippen LogP contribution in [0.5, 0.6) is 11.5 Å². The summed E-state index contributed by atoms with van der Waals surface area (Å²) >= 11 is 1.70. The quantitative estimate of drug-likeness (QED) is 0.487. The number of ether oxygens (including phenoxy) is 2. The van der Waals surface area contributed by atoms with Gasteiger partial charge in [0, 0.05) is 17.5 Å². The van der Waals surface area contributed by atoms with Gasteiger partial charge in [-0.3, -0.25) is 4.99 Å². The summed E-state index contributed by atoms with van der Waals surface area (Å²) in [6.07, 6.45) is -0.758.